The summed E-state index contributed by atoms with van der Waals surface area (Å²) in [5.41, 5.74) is 0.846. The number of Topliss-reactive ketones (excluding diaryl/α,β-unsaturated/α-hetero) is 1. The molecule has 0 aliphatic heterocycles. The van der Waals surface area contributed by atoms with Crippen molar-refractivity contribution in [2.75, 3.05) is 11.9 Å². The van der Waals surface area contributed by atoms with Crippen LogP contribution in [0.4, 0.5) is 11.4 Å². The second-order valence-corrected chi connectivity index (χ2v) is 7.75. The predicted octanol–water partition coefficient (Wildman–Crippen LogP) is 3.57. The Balaban J connectivity index is 1.68. The second-order valence-electron chi connectivity index (χ2n) is 7.75. The third kappa shape index (κ3) is 5.80. The molecule has 1 heterocycles. The number of hydrogen-bond donors (Lipinski definition) is 0. The molecule has 2 aromatic carbocycles. The first-order chi connectivity index (χ1) is 16.6. The molecule has 3 aromatic rings. The van der Waals surface area contributed by atoms with Crippen molar-refractivity contribution in [3.63, 3.8) is 0 Å². The lowest BCUT2D eigenvalue weighted by Crippen LogP contribution is -2.41. The molecule has 0 aliphatic carbocycles. The second kappa shape index (κ2) is 10.5. The third-order valence-corrected chi connectivity index (χ3v) is 5.20. The molecule has 0 saturated carbocycles. The third-order valence-electron chi connectivity index (χ3n) is 5.20. The number of nitro benzene ring substituents is 1. The molecule has 1 aromatic heterocycles. The number of aromatic nitrogens is 2. The van der Waals surface area contributed by atoms with Gasteiger partial charge in [-0.05, 0) is 49.7 Å². The van der Waals surface area contributed by atoms with E-state index in [1.54, 1.807) is 55.2 Å². The van der Waals surface area contributed by atoms with Crippen molar-refractivity contribution in [2.45, 2.75) is 20.0 Å². The molecule has 0 bridgehead atoms. The zero-order valence-corrected chi connectivity index (χ0v) is 19.5. The van der Waals surface area contributed by atoms with Crippen LogP contribution in [-0.4, -0.2) is 39.5 Å². The minimum absolute atomic E-state index is 0.142. The summed E-state index contributed by atoms with van der Waals surface area (Å²) in [7, 11) is 3.16. The summed E-state index contributed by atoms with van der Waals surface area (Å²) in [5.74, 6) is -1.74. The fraction of sp³-hybridized carbons (Fsp3) is 0.250. The lowest BCUT2D eigenvalue weighted by Gasteiger charge is -2.22. The zero-order valence-electron chi connectivity index (χ0n) is 19.5. The molecule has 1 amide bonds. The van der Waals surface area contributed by atoms with Crippen molar-refractivity contribution >= 4 is 23.1 Å². The summed E-state index contributed by atoms with van der Waals surface area (Å²) >= 11 is 0. The molecule has 0 spiro atoms. The Bertz CT molecular complexity index is 1290. The van der Waals surface area contributed by atoms with Crippen LogP contribution in [0.15, 0.2) is 54.7 Å². The van der Waals surface area contributed by atoms with E-state index >= 15 is 0 Å². The van der Waals surface area contributed by atoms with Gasteiger partial charge in [-0.1, -0.05) is 0 Å². The fourth-order valence-electron chi connectivity index (χ4n) is 3.23. The van der Waals surface area contributed by atoms with Gasteiger partial charge in [0.15, 0.2) is 17.8 Å². The van der Waals surface area contributed by atoms with Crippen LogP contribution in [0.5, 0.6) is 17.4 Å². The first kappa shape index (κ1) is 24.9. The summed E-state index contributed by atoms with van der Waals surface area (Å²) in [6.07, 6.45) is 0.661. The molecular formula is C24H23N5O6. The summed E-state index contributed by atoms with van der Waals surface area (Å²) < 4.78 is 13.0. The van der Waals surface area contributed by atoms with Crippen molar-refractivity contribution in [1.82, 2.24) is 9.78 Å². The van der Waals surface area contributed by atoms with Gasteiger partial charge in [-0.15, -0.1) is 5.10 Å². The molecule has 3 rings (SSSR count). The summed E-state index contributed by atoms with van der Waals surface area (Å²) in [4.78, 5) is 37.1. The Morgan fingerprint density at radius 1 is 1.20 bits per heavy atom. The Kier molecular flexibility index (Phi) is 7.46. The smallest absolute Gasteiger partial charge is 0.269 e. The average molecular weight is 477 g/mol. The van der Waals surface area contributed by atoms with Crippen LogP contribution in [0, 0.1) is 34.3 Å². The zero-order chi connectivity index (χ0) is 25.7. The number of aryl methyl sites for hydroxylation is 2. The van der Waals surface area contributed by atoms with Gasteiger partial charge in [-0.2, -0.15) is 5.26 Å². The molecule has 0 aliphatic rings. The van der Waals surface area contributed by atoms with E-state index in [2.05, 4.69) is 5.10 Å². The largest absolute Gasteiger partial charge is 0.483 e. The van der Waals surface area contributed by atoms with Gasteiger partial charge in [0.25, 0.3) is 11.6 Å². The lowest BCUT2D eigenvalue weighted by atomic mass is 10.00. The molecule has 11 nitrogen and oxygen atoms in total. The van der Waals surface area contributed by atoms with E-state index in [0.29, 0.717) is 28.6 Å². The number of hydrogen-bond acceptors (Lipinski definition) is 8. The van der Waals surface area contributed by atoms with Crippen LogP contribution in [0.25, 0.3) is 0 Å². The molecular weight excluding hydrogens is 454 g/mol. The number of ketones is 1. The quantitative estimate of drug-likeness (QED) is 0.259. The minimum Gasteiger partial charge on any atom is -0.483 e. The van der Waals surface area contributed by atoms with Gasteiger partial charge < -0.3 is 14.4 Å². The minimum atomic E-state index is -1.61. The average Bonchev–Trinajstić information content (AvgIpc) is 3.24. The topological polar surface area (TPSA) is 141 Å². The van der Waals surface area contributed by atoms with Gasteiger partial charge in [-0.25, -0.2) is 0 Å². The molecule has 0 radical (unpaired) electrons. The number of benzene rings is 2. The number of ether oxygens (including phenoxy) is 2. The van der Waals surface area contributed by atoms with E-state index in [-0.39, 0.29) is 5.69 Å². The van der Waals surface area contributed by atoms with Crippen molar-refractivity contribution in [3.8, 4) is 23.4 Å². The Morgan fingerprint density at radius 3 is 2.43 bits per heavy atom. The number of rotatable bonds is 9. The Labute approximate surface area is 201 Å². The van der Waals surface area contributed by atoms with Crippen LogP contribution in [-0.2, 0) is 16.6 Å². The Hall–Kier alpha value is -4.72. The molecule has 180 valence electrons. The van der Waals surface area contributed by atoms with Crippen LogP contribution < -0.4 is 14.4 Å². The molecule has 0 N–H and O–H groups in total. The standard InChI is InChI=1S/C24H23N5O6/c1-15-13-19(35-22-11-12-27(3)26-22)9-10-21(15)34-16(2)23(30)20(14-25)24(31)28(4)17-5-7-18(8-6-17)29(32)33/h5-13,16,20H,1-4H3. The van der Waals surface area contributed by atoms with Crippen molar-refractivity contribution in [3.05, 3.63) is 70.4 Å². The predicted molar refractivity (Wildman–Crippen MR) is 125 cm³/mol. The van der Waals surface area contributed by atoms with Crippen molar-refractivity contribution < 1.29 is 24.0 Å². The van der Waals surface area contributed by atoms with E-state index in [0.717, 1.165) is 4.90 Å². The van der Waals surface area contributed by atoms with Gasteiger partial charge in [-0.3, -0.25) is 24.4 Å². The molecule has 11 heteroatoms. The molecule has 0 saturated heterocycles. The van der Waals surface area contributed by atoms with Crippen molar-refractivity contribution in [2.24, 2.45) is 13.0 Å². The van der Waals surface area contributed by atoms with Gasteiger partial charge in [0.05, 0.1) is 11.0 Å². The fourth-order valence-corrected chi connectivity index (χ4v) is 3.23. The van der Waals surface area contributed by atoms with E-state index in [4.69, 9.17) is 9.47 Å². The molecule has 0 fully saturated rings. The van der Waals surface area contributed by atoms with Gasteiger partial charge in [0.1, 0.15) is 11.5 Å². The normalized spacial score (nSPS) is 12.2. The van der Waals surface area contributed by atoms with Gasteiger partial charge in [0, 0.05) is 44.2 Å². The highest BCUT2D eigenvalue weighted by Gasteiger charge is 2.34. The van der Waals surface area contributed by atoms with Gasteiger partial charge in [0.2, 0.25) is 5.88 Å². The molecule has 2 unspecified atom stereocenters. The number of non-ortho nitro benzene ring substituents is 1. The Morgan fingerprint density at radius 2 is 1.89 bits per heavy atom. The van der Waals surface area contributed by atoms with Gasteiger partial charge >= 0.3 is 0 Å². The highest BCUT2D eigenvalue weighted by molar-refractivity contribution is 6.11. The van der Waals surface area contributed by atoms with E-state index in [9.17, 15) is 25.0 Å². The van der Waals surface area contributed by atoms with Crippen LogP contribution in [0.1, 0.15) is 12.5 Å². The number of carbonyl (C=O) groups is 2. The maximum atomic E-state index is 12.9. The summed E-state index contributed by atoms with van der Waals surface area (Å²) in [6.45, 7) is 3.23. The number of nitrogens with zero attached hydrogens (tertiary/aromatic N) is 5. The summed E-state index contributed by atoms with van der Waals surface area (Å²) in [6, 6.07) is 13.7. The first-order valence-electron chi connectivity index (χ1n) is 10.5. The van der Waals surface area contributed by atoms with E-state index in [1.807, 2.05) is 0 Å². The number of carbonyl (C=O) groups excluding carboxylic acids is 2. The summed E-state index contributed by atoms with van der Waals surface area (Å²) in [5, 5.41) is 24.5. The molecule has 2 atom stereocenters. The van der Waals surface area contributed by atoms with Crippen LogP contribution in [0.2, 0.25) is 0 Å². The van der Waals surface area contributed by atoms with E-state index < -0.39 is 28.6 Å². The van der Waals surface area contributed by atoms with Crippen LogP contribution in [0.3, 0.4) is 0 Å². The number of nitriles is 1. The maximum Gasteiger partial charge on any atom is 0.269 e. The lowest BCUT2D eigenvalue weighted by molar-refractivity contribution is -0.384. The first-order valence-corrected chi connectivity index (χ1v) is 10.5. The van der Waals surface area contributed by atoms with E-state index in [1.165, 1.54) is 38.2 Å². The van der Waals surface area contributed by atoms with Crippen molar-refractivity contribution in [1.29, 1.82) is 5.26 Å². The SMILES string of the molecule is Cc1cc(Oc2ccn(C)n2)ccc1OC(C)C(=O)C(C#N)C(=O)N(C)c1ccc([N+](=O)[O-])cc1. The monoisotopic (exact) mass is 477 g/mol. The van der Waals surface area contributed by atoms with Crippen LogP contribution >= 0.6 is 0 Å². The highest BCUT2D eigenvalue weighted by Crippen LogP contribution is 2.28. The number of anilines is 1. The molecule has 35 heavy (non-hydrogen) atoms. The highest BCUT2D eigenvalue weighted by atomic mass is 16.6. The maximum absolute atomic E-state index is 12.9. The number of nitro groups is 1. The number of amides is 1.